The van der Waals surface area contributed by atoms with Crippen LogP contribution in [0.25, 0.3) is 11.5 Å². The van der Waals surface area contributed by atoms with Crippen molar-refractivity contribution in [3.05, 3.63) is 24.3 Å². The number of hydrogen-bond acceptors (Lipinski definition) is 6. The van der Waals surface area contributed by atoms with Gasteiger partial charge in [0.25, 0.3) is 5.22 Å². The molecule has 2 N–H and O–H groups in total. The molecule has 7 heteroatoms. The first kappa shape index (κ1) is 15.9. The zero-order chi connectivity index (χ0) is 16.2. The highest BCUT2D eigenvalue weighted by molar-refractivity contribution is 7.99. The Morgan fingerprint density at radius 2 is 2.00 bits per heavy atom. The van der Waals surface area contributed by atoms with Crippen LogP contribution in [0.4, 0.5) is 5.69 Å². The predicted octanol–water partition coefficient (Wildman–Crippen LogP) is 2.67. The fourth-order valence-electron chi connectivity index (χ4n) is 2.48. The van der Waals surface area contributed by atoms with E-state index in [1.807, 2.05) is 17.0 Å². The molecule has 3 rings (SSSR count). The zero-order valence-corrected chi connectivity index (χ0v) is 13.9. The third-order valence-electron chi connectivity index (χ3n) is 4.02. The average molecular weight is 332 g/mol. The van der Waals surface area contributed by atoms with Crippen LogP contribution in [-0.2, 0) is 4.79 Å². The van der Waals surface area contributed by atoms with E-state index in [9.17, 15) is 4.79 Å². The number of benzene rings is 1. The predicted molar refractivity (Wildman–Crippen MR) is 89.8 cm³/mol. The fraction of sp³-hybridized carbons (Fsp3) is 0.438. The van der Waals surface area contributed by atoms with Gasteiger partial charge in [0.2, 0.25) is 11.8 Å². The first-order valence-electron chi connectivity index (χ1n) is 7.72. The van der Waals surface area contributed by atoms with Crippen LogP contribution >= 0.6 is 11.8 Å². The van der Waals surface area contributed by atoms with Gasteiger partial charge in [0.1, 0.15) is 0 Å². The van der Waals surface area contributed by atoms with Crippen molar-refractivity contribution in [1.82, 2.24) is 15.1 Å². The Kier molecular flexibility index (Phi) is 4.85. The van der Waals surface area contributed by atoms with Gasteiger partial charge in [0.15, 0.2) is 0 Å². The van der Waals surface area contributed by atoms with E-state index in [0.29, 0.717) is 28.5 Å². The van der Waals surface area contributed by atoms with Crippen molar-refractivity contribution < 1.29 is 9.21 Å². The maximum absolute atomic E-state index is 12.2. The largest absolute Gasteiger partial charge is 0.411 e. The van der Waals surface area contributed by atoms with E-state index in [4.69, 9.17) is 10.2 Å². The van der Waals surface area contributed by atoms with E-state index < -0.39 is 0 Å². The summed E-state index contributed by atoms with van der Waals surface area (Å²) in [5, 5.41) is 8.41. The number of amides is 1. The van der Waals surface area contributed by atoms with Gasteiger partial charge < -0.3 is 15.1 Å². The highest BCUT2D eigenvalue weighted by Gasteiger charge is 2.21. The van der Waals surface area contributed by atoms with Crippen molar-refractivity contribution in [1.29, 1.82) is 0 Å². The van der Waals surface area contributed by atoms with Crippen LogP contribution in [-0.4, -0.2) is 39.8 Å². The Morgan fingerprint density at radius 1 is 1.30 bits per heavy atom. The lowest BCUT2D eigenvalue weighted by Crippen LogP contribution is -2.38. The van der Waals surface area contributed by atoms with Crippen LogP contribution in [0.15, 0.2) is 33.9 Å². The minimum Gasteiger partial charge on any atom is -0.411 e. The molecule has 2 aromatic rings. The minimum atomic E-state index is 0.133. The molecule has 0 radical (unpaired) electrons. The number of carbonyl (C=O) groups excluding carboxylic acids is 1. The molecule has 1 saturated heterocycles. The molecule has 1 fully saturated rings. The van der Waals surface area contributed by atoms with E-state index in [2.05, 4.69) is 17.1 Å². The Hall–Kier alpha value is -2.02. The molecule has 1 aromatic carbocycles. The van der Waals surface area contributed by atoms with Crippen LogP contribution in [0, 0.1) is 5.92 Å². The number of aromatic nitrogens is 2. The fourth-order valence-corrected chi connectivity index (χ4v) is 3.15. The van der Waals surface area contributed by atoms with E-state index in [0.717, 1.165) is 31.5 Å². The number of nitrogens with two attached hydrogens (primary N) is 1. The summed E-state index contributed by atoms with van der Waals surface area (Å²) in [5.41, 5.74) is 7.16. The summed E-state index contributed by atoms with van der Waals surface area (Å²) in [5.74, 6) is 1.61. The molecule has 0 unspecified atom stereocenters. The van der Waals surface area contributed by atoms with Crippen molar-refractivity contribution in [2.75, 3.05) is 24.6 Å². The number of hydrogen-bond donors (Lipinski definition) is 1. The number of anilines is 1. The van der Waals surface area contributed by atoms with Crippen LogP contribution in [0.3, 0.4) is 0 Å². The van der Waals surface area contributed by atoms with Gasteiger partial charge in [0.05, 0.1) is 5.75 Å². The van der Waals surface area contributed by atoms with Gasteiger partial charge in [-0.2, -0.15) is 0 Å². The van der Waals surface area contributed by atoms with Gasteiger partial charge in [-0.05, 0) is 43.0 Å². The summed E-state index contributed by atoms with van der Waals surface area (Å²) < 4.78 is 5.59. The van der Waals surface area contributed by atoms with Gasteiger partial charge in [-0.1, -0.05) is 18.7 Å². The normalized spacial score (nSPS) is 15.8. The van der Waals surface area contributed by atoms with Crippen LogP contribution < -0.4 is 5.73 Å². The van der Waals surface area contributed by atoms with Crippen LogP contribution in [0.2, 0.25) is 0 Å². The van der Waals surface area contributed by atoms with E-state index in [-0.39, 0.29) is 5.91 Å². The molecule has 1 aliphatic heterocycles. The second-order valence-corrected chi connectivity index (χ2v) is 6.77. The molecule has 0 spiro atoms. The highest BCUT2D eigenvalue weighted by Crippen LogP contribution is 2.24. The van der Waals surface area contributed by atoms with Gasteiger partial charge in [-0.15, -0.1) is 10.2 Å². The van der Waals surface area contributed by atoms with Gasteiger partial charge in [0, 0.05) is 24.3 Å². The molecule has 2 heterocycles. The summed E-state index contributed by atoms with van der Waals surface area (Å²) in [6.45, 7) is 3.93. The molecule has 0 saturated carbocycles. The van der Waals surface area contributed by atoms with Crippen molar-refractivity contribution in [2.24, 2.45) is 5.92 Å². The number of piperidine rings is 1. The molecule has 1 aliphatic rings. The van der Waals surface area contributed by atoms with E-state index >= 15 is 0 Å². The second kappa shape index (κ2) is 7.04. The van der Waals surface area contributed by atoms with Crippen molar-refractivity contribution in [3.63, 3.8) is 0 Å². The van der Waals surface area contributed by atoms with Gasteiger partial charge >= 0.3 is 0 Å². The molecular formula is C16H20N4O2S. The molecule has 23 heavy (non-hydrogen) atoms. The first-order valence-corrected chi connectivity index (χ1v) is 8.70. The number of nitrogen functional groups attached to an aromatic ring is 1. The Balaban J connectivity index is 1.55. The quantitative estimate of drug-likeness (QED) is 0.684. The second-order valence-electron chi connectivity index (χ2n) is 5.85. The van der Waals surface area contributed by atoms with Crippen molar-refractivity contribution in [3.8, 4) is 11.5 Å². The number of carbonyl (C=O) groups is 1. The van der Waals surface area contributed by atoms with Crippen molar-refractivity contribution >= 4 is 23.4 Å². The molecule has 0 atom stereocenters. The zero-order valence-electron chi connectivity index (χ0n) is 13.1. The third kappa shape index (κ3) is 4.04. The maximum Gasteiger partial charge on any atom is 0.277 e. The number of nitrogens with zero attached hydrogens (tertiary/aromatic N) is 3. The lowest BCUT2D eigenvalue weighted by Gasteiger charge is -2.30. The van der Waals surface area contributed by atoms with Gasteiger partial charge in [-0.25, -0.2) is 0 Å². The summed E-state index contributed by atoms with van der Waals surface area (Å²) >= 11 is 1.29. The van der Waals surface area contributed by atoms with E-state index in [1.165, 1.54) is 11.8 Å². The minimum absolute atomic E-state index is 0.133. The molecule has 0 bridgehead atoms. The Bertz CT molecular complexity index is 663. The number of rotatable bonds is 4. The summed E-state index contributed by atoms with van der Waals surface area (Å²) in [6.07, 6.45) is 2.16. The Labute approximate surface area is 139 Å². The first-order chi connectivity index (χ1) is 11.1. The number of thioether (sulfide) groups is 1. The molecule has 1 aromatic heterocycles. The third-order valence-corrected chi connectivity index (χ3v) is 4.82. The van der Waals surface area contributed by atoms with Crippen LogP contribution in [0.5, 0.6) is 0 Å². The smallest absolute Gasteiger partial charge is 0.277 e. The SMILES string of the molecule is CC1CCN(C(=O)CSc2nnc(-c3ccc(N)cc3)o2)CC1. The maximum atomic E-state index is 12.2. The number of likely N-dealkylation sites (tertiary alicyclic amines) is 1. The average Bonchev–Trinajstić information content (AvgIpc) is 3.03. The molecule has 1 amide bonds. The molecular weight excluding hydrogens is 312 g/mol. The lowest BCUT2D eigenvalue weighted by molar-refractivity contribution is -0.129. The Morgan fingerprint density at radius 3 is 2.70 bits per heavy atom. The van der Waals surface area contributed by atoms with Crippen LogP contribution in [0.1, 0.15) is 19.8 Å². The summed E-state index contributed by atoms with van der Waals surface area (Å²) in [7, 11) is 0. The van der Waals surface area contributed by atoms with Crippen molar-refractivity contribution in [2.45, 2.75) is 25.0 Å². The monoisotopic (exact) mass is 332 g/mol. The standard InChI is InChI=1S/C16H20N4O2S/c1-11-6-8-20(9-7-11)14(21)10-23-16-19-18-15(22-16)12-2-4-13(17)5-3-12/h2-5,11H,6-10,17H2,1H3. The summed E-state index contributed by atoms with van der Waals surface area (Å²) in [6, 6.07) is 7.23. The molecule has 122 valence electrons. The van der Waals surface area contributed by atoms with E-state index in [1.54, 1.807) is 12.1 Å². The topological polar surface area (TPSA) is 85.2 Å². The van der Waals surface area contributed by atoms with Gasteiger partial charge in [-0.3, -0.25) is 4.79 Å². The highest BCUT2D eigenvalue weighted by atomic mass is 32.2. The molecule has 6 nitrogen and oxygen atoms in total. The molecule has 0 aliphatic carbocycles. The summed E-state index contributed by atoms with van der Waals surface area (Å²) in [4.78, 5) is 14.1. The lowest BCUT2D eigenvalue weighted by atomic mass is 9.99.